The lowest BCUT2D eigenvalue weighted by molar-refractivity contribution is -0.303. The van der Waals surface area contributed by atoms with E-state index in [-0.39, 0.29) is 70.3 Å². The number of amides is 2. The first-order chi connectivity index (χ1) is 48.8. The molecule has 0 aliphatic carbocycles. The summed E-state index contributed by atoms with van der Waals surface area (Å²) in [4.78, 5) is 56.2. The van der Waals surface area contributed by atoms with Crippen molar-refractivity contribution >= 4 is 31.6 Å². The predicted molar refractivity (Wildman–Crippen MR) is 398 cm³/mol. The van der Waals surface area contributed by atoms with E-state index in [0.717, 1.165) is 141 Å². The van der Waals surface area contributed by atoms with Crippen LogP contribution in [0.1, 0.15) is 291 Å². The van der Waals surface area contributed by atoms with Crippen molar-refractivity contribution in [3.8, 4) is 0 Å². The number of ether oxygens (including phenoxy) is 10. The van der Waals surface area contributed by atoms with Crippen LogP contribution in [0.4, 0.5) is 4.79 Å². The molecule has 2 heterocycles. The van der Waals surface area contributed by atoms with Crippen molar-refractivity contribution in [1.29, 1.82) is 0 Å². The minimum absolute atomic E-state index is 0.103. The van der Waals surface area contributed by atoms with Gasteiger partial charge in [0.1, 0.15) is 55.0 Å². The van der Waals surface area contributed by atoms with Gasteiger partial charge in [-0.3, -0.25) is 28.0 Å². The largest absolute Gasteiger partial charge is 0.509 e. The minimum Gasteiger partial charge on any atom is -0.471 e. The van der Waals surface area contributed by atoms with Gasteiger partial charge in [-0.05, 0) is 64.7 Å². The third-order valence-electron chi connectivity index (χ3n) is 18.2. The first-order valence-electron chi connectivity index (χ1n) is 39.3. The van der Waals surface area contributed by atoms with Gasteiger partial charge in [-0.25, -0.2) is 9.36 Å². The number of carbonyl (C=O) groups is 4. The van der Waals surface area contributed by atoms with Crippen LogP contribution < -0.4 is 10.6 Å². The smallest absolute Gasteiger partial charge is 0.471 e. The molecule has 0 radical (unpaired) electrons. The molecule has 20 nitrogen and oxygen atoms in total. The Kier molecular flexibility index (Phi) is 57.8. The van der Waals surface area contributed by atoms with Crippen molar-refractivity contribution in [3.63, 3.8) is 0 Å². The van der Waals surface area contributed by atoms with E-state index in [0.29, 0.717) is 25.7 Å². The lowest BCUT2D eigenvalue weighted by Crippen LogP contribution is -2.68. The van der Waals surface area contributed by atoms with Gasteiger partial charge in [0.15, 0.2) is 12.4 Å². The summed E-state index contributed by atoms with van der Waals surface area (Å²) in [5.74, 6) is -1.10. The second-order valence-corrected chi connectivity index (χ2v) is 28.5. The number of hydrogen-bond donors (Lipinski definition) is 2. The van der Waals surface area contributed by atoms with E-state index in [1.54, 1.807) is 20.1 Å². The van der Waals surface area contributed by atoms with E-state index in [9.17, 15) is 23.7 Å². The molecule has 2 N–H and O–H groups in total. The van der Waals surface area contributed by atoms with E-state index >= 15 is 0 Å². The second kappa shape index (κ2) is 62.6. The molecule has 2 aliphatic rings. The van der Waals surface area contributed by atoms with Gasteiger partial charge in [0, 0.05) is 40.3 Å². The number of unbranched alkanes of at least 4 members (excludes halogenated alkanes) is 30. The molecule has 21 heteroatoms. The van der Waals surface area contributed by atoms with Gasteiger partial charge >= 0.3 is 14.0 Å². The molecule has 0 aromatic rings. The maximum absolute atomic E-state index is 14.8. The van der Waals surface area contributed by atoms with E-state index in [2.05, 4.69) is 70.2 Å². The molecule has 580 valence electrons. The van der Waals surface area contributed by atoms with Crippen LogP contribution >= 0.6 is 7.82 Å². The Morgan fingerprint density at radius 2 is 0.970 bits per heavy atom. The highest BCUT2D eigenvalue weighted by Gasteiger charge is 2.54. The molecular weight excluding hydrogens is 1300 g/mol. The fraction of sp³-hybridized carbons (Fsp3) is 0.823. The topological polar surface area (TPSA) is 229 Å². The van der Waals surface area contributed by atoms with Crippen LogP contribution in [-0.4, -0.2) is 152 Å². The van der Waals surface area contributed by atoms with Crippen molar-refractivity contribution in [1.82, 2.24) is 10.6 Å². The number of nitrogens with one attached hydrogen (secondary N) is 2. The predicted octanol–water partition coefficient (Wildman–Crippen LogP) is 18.8. The van der Waals surface area contributed by atoms with Gasteiger partial charge in [0.25, 0.3) is 0 Å². The Balaban J connectivity index is 2.74. The summed E-state index contributed by atoms with van der Waals surface area (Å²) in [5.41, 5.74) is 0. The lowest BCUT2D eigenvalue weighted by atomic mass is 9.95. The molecule has 2 saturated heterocycles. The summed E-state index contributed by atoms with van der Waals surface area (Å²) < 4.78 is 96.9. The van der Waals surface area contributed by atoms with Crippen LogP contribution in [-0.2, 0) is 79.9 Å². The lowest BCUT2D eigenvalue weighted by Gasteiger charge is -2.48. The van der Waals surface area contributed by atoms with Gasteiger partial charge in [0.05, 0.1) is 45.2 Å². The van der Waals surface area contributed by atoms with Crippen molar-refractivity contribution in [2.45, 2.75) is 359 Å². The molecule has 2 amide bonds. The number of hydrogen-bond acceptors (Lipinski definition) is 18. The minimum atomic E-state index is -4.49. The van der Waals surface area contributed by atoms with Crippen LogP contribution in [0.3, 0.4) is 0 Å². The van der Waals surface area contributed by atoms with Crippen LogP contribution in [0.2, 0.25) is 0 Å². The number of methoxy groups -OCH3 is 2. The summed E-state index contributed by atoms with van der Waals surface area (Å²) in [7, 11) is -1.33. The van der Waals surface area contributed by atoms with E-state index in [4.69, 9.17) is 60.9 Å². The SMILES string of the molecule is C=CCOC(=O)O[C@H]1[C@H](OCCCCCCCCCC)[C@@H](NC(=O)CC(=O)CCCCCCCCCCC)[C@H](OC=CC)O[C@@H]1CO[C@@H]1O[C@H](COC)[C@@H](OP(=O)(OCC=C)OCC=C)[C@H](OCC[C@@H](CCCCCCC)OC)[C@H]1NC(=O)CCCCCCCCCC=CCCCCCC. The molecule has 11 atom stereocenters. The zero-order chi connectivity index (χ0) is 73.0. The number of allylic oxidation sites excluding steroid dienone is 3. The molecule has 0 aromatic carbocycles. The standard InChI is InChI=1S/C79H141N2O18P/c1-11-19-23-27-30-33-34-35-36-37-38-40-42-46-50-54-69(83)80-72-76(90-61-55-66(88-10)53-49-44-26-22-14-4)74(99-100(86,94-58-17-7)95-59-18-8)67(63-87-9)96-78(72)93-64-68-73(98-79(85)92-57-16-6)75(89-60-51-47-43-32-29-25-21-13-3)71(77(97-68)91-56-15-5)81-70(84)62-65(82)52-48-45-41-39-31-28-24-20-12-2/h15-18,33-34,56,66-68,71-78H,6-8,11-14,19-32,35-55,57-64H2,1-5,9-10H3,(H,80,83)(H,81,84)/t66-,67-,68-,71-,72-,73-,74-,75-,76-,77-,78-/m1/s1. The molecule has 0 spiro atoms. The maximum atomic E-state index is 14.8. The van der Waals surface area contributed by atoms with Crippen molar-refractivity contribution in [2.24, 2.45) is 0 Å². The Morgan fingerprint density at radius 3 is 1.52 bits per heavy atom. The van der Waals surface area contributed by atoms with Crippen LogP contribution in [0.15, 0.2) is 62.5 Å². The maximum Gasteiger partial charge on any atom is 0.509 e. The zero-order valence-corrected chi connectivity index (χ0v) is 64.4. The molecule has 0 bridgehead atoms. The van der Waals surface area contributed by atoms with Crippen molar-refractivity contribution in [2.75, 3.05) is 60.5 Å². The van der Waals surface area contributed by atoms with Gasteiger partial charge in [-0.1, -0.05) is 251 Å². The van der Waals surface area contributed by atoms with Crippen LogP contribution in [0.25, 0.3) is 0 Å². The Morgan fingerprint density at radius 1 is 0.500 bits per heavy atom. The summed E-state index contributed by atoms with van der Waals surface area (Å²) in [6.45, 7) is 21.0. The monoisotopic (exact) mass is 1440 g/mol. The third-order valence-corrected chi connectivity index (χ3v) is 19.6. The number of carbonyl (C=O) groups excluding carboxylic acids is 4. The molecule has 2 fully saturated rings. The highest BCUT2D eigenvalue weighted by atomic mass is 31.2. The average Bonchev–Trinajstić information content (AvgIpc) is 0.780. The number of Topliss-reactive ketones (excluding diaryl/α,β-unsaturated/α-hetero) is 1. The summed E-state index contributed by atoms with van der Waals surface area (Å²) in [5, 5.41) is 6.22. The van der Waals surface area contributed by atoms with Crippen LogP contribution in [0, 0.1) is 0 Å². The van der Waals surface area contributed by atoms with E-state index in [1.807, 2.05) is 0 Å². The molecule has 2 aliphatic heterocycles. The quantitative estimate of drug-likeness (QED) is 0.0144. The third kappa shape index (κ3) is 43.5. The Labute approximate surface area is 606 Å². The molecule has 2 rings (SSSR count). The van der Waals surface area contributed by atoms with E-state index in [1.165, 1.54) is 102 Å². The molecular formula is C79H141N2O18P. The second-order valence-electron chi connectivity index (χ2n) is 26.9. The number of phosphoric ester groups is 1. The Hall–Kier alpha value is -3.79. The van der Waals surface area contributed by atoms with E-state index < -0.39 is 94.2 Å². The highest BCUT2D eigenvalue weighted by molar-refractivity contribution is 7.48. The number of ketones is 1. The normalized spacial score (nSPS) is 21.3. The van der Waals surface area contributed by atoms with Gasteiger partial charge < -0.3 is 58.0 Å². The van der Waals surface area contributed by atoms with Crippen molar-refractivity contribution < 1.29 is 84.7 Å². The molecule has 0 unspecified atom stereocenters. The first kappa shape index (κ1) is 92.3. The van der Waals surface area contributed by atoms with Gasteiger partial charge in [-0.15, -0.1) is 13.2 Å². The fourth-order valence-electron chi connectivity index (χ4n) is 12.5. The van der Waals surface area contributed by atoms with Crippen LogP contribution in [0.5, 0.6) is 0 Å². The summed E-state index contributed by atoms with van der Waals surface area (Å²) in [6, 6.07) is -2.33. The number of rotatable bonds is 68. The Bertz CT molecular complexity index is 2170. The average molecular weight is 1440 g/mol. The highest BCUT2D eigenvalue weighted by Crippen LogP contribution is 2.52. The number of phosphoric acid groups is 1. The fourth-order valence-corrected chi connectivity index (χ4v) is 13.8. The molecule has 0 aromatic heterocycles. The van der Waals surface area contributed by atoms with Crippen molar-refractivity contribution in [3.05, 3.63) is 62.5 Å². The first-order valence-corrected chi connectivity index (χ1v) is 40.7. The molecule has 0 saturated carbocycles. The van der Waals surface area contributed by atoms with Gasteiger partial charge in [-0.2, -0.15) is 0 Å². The van der Waals surface area contributed by atoms with Gasteiger partial charge in [0.2, 0.25) is 18.1 Å². The molecule has 100 heavy (non-hydrogen) atoms. The zero-order valence-electron chi connectivity index (χ0n) is 63.5. The summed E-state index contributed by atoms with van der Waals surface area (Å²) >= 11 is 0. The summed E-state index contributed by atoms with van der Waals surface area (Å²) in [6.07, 6.45) is 39.6.